The summed E-state index contributed by atoms with van der Waals surface area (Å²) in [5.41, 5.74) is 7.80. The molecule has 2 heterocycles. The van der Waals surface area contributed by atoms with Crippen LogP contribution in [0.5, 0.6) is 5.75 Å². The van der Waals surface area contributed by atoms with E-state index in [0.29, 0.717) is 5.58 Å². The number of rotatable bonds is 2. The van der Waals surface area contributed by atoms with Crippen molar-refractivity contribution in [1.29, 1.82) is 0 Å². The lowest BCUT2D eigenvalue weighted by atomic mass is 9.90. The number of phenolic OH excluding ortho intramolecular Hbond substituents is 1. The van der Waals surface area contributed by atoms with Gasteiger partial charge < -0.3 is 14.1 Å². The summed E-state index contributed by atoms with van der Waals surface area (Å²) in [6.07, 6.45) is 0. The number of furan rings is 1. The van der Waals surface area contributed by atoms with Crippen LogP contribution >= 0.6 is 0 Å². The van der Waals surface area contributed by atoms with Crippen molar-refractivity contribution in [2.75, 3.05) is 0 Å². The van der Waals surface area contributed by atoms with Crippen molar-refractivity contribution >= 4 is 57.1 Å². The normalized spacial score (nSPS) is 11.8. The molecular weight excluding hydrogens is 417 g/mol. The van der Waals surface area contributed by atoms with Crippen molar-refractivity contribution in [2.45, 2.75) is 0 Å². The van der Waals surface area contributed by atoms with Gasteiger partial charge in [0, 0.05) is 27.4 Å². The molecule has 0 aliphatic carbocycles. The molecule has 7 aromatic rings. The van der Waals surface area contributed by atoms with Gasteiger partial charge in [0.25, 0.3) is 0 Å². The Morgan fingerprint density at radius 3 is 2.29 bits per heavy atom. The van der Waals surface area contributed by atoms with E-state index in [1.165, 1.54) is 5.39 Å². The standard InChI is InChI=1S/C30H20BNO2/c31-23-10-6-12-26-28(23)29-27(34-26)16-14-20(30(29)33)18-13-15-25-22(17-18)21-9-4-5-11-24(21)32(25)19-7-2-1-3-8-19/h1-17,33H,31H2. The lowest BCUT2D eigenvalue weighted by molar-refractivity contribution is 0.483. The average molecular weight is 437 g/mol. The average Bonchev–Trinajstić information content (AvgIpc) is 3.42. The van der Waals surface area contributed by atoms with Crippen LogP contribution in [0.25, 0.3) is 60.6 Å². The summed E-state index contributed by atoms with van der Waals surface area (Å²) in [6, 6.07) is 35.2. The molecule has 0 aliphatic heterocycles. The third-order valence-corrected chi connectivity index (χ3v) is 6.84. The zero-order chi connectivity index (χ0) is 22.8. The Hall–Kier alpha value is -4.44. The van der Waals surface area contributed by atoms with Crippen molar-refractivity contribution in [1.82, 2.24) is 4.57 Å². The molecule has 0 bridgehead atoms. The molecule has 0 amide bonds. The molecular formula is C30H20BNO2. The maximum Gasteiger partial charge on any atom is 0.140 e. The van der Waals surface area contributed by atoms with E-state index in [-0.39, 0.29) is 5.75 Å². The summed E-state index contributed by atoms with van der Waals surface area (Å²) in [4.78, 5) is 0. The van der Waals surface area contributed by atoms with Crippen LogP contribution in [-0.2, 0) is 0 Å². The van der Waals surface area contributed by atoms with Gasteiger partial charge in [-0.15, -0.1) is 0 Å². The van der Waals surface area contributed by atoms with Crippen molar-refractivity contribution in [3.8, 4) is 22.6 Å². The molecule has 0 spiro atoms. The van der Waals surface area contributed by atoms with E-state index >= 15 is 0 Å². The van der Waals surface area contributed by atoms with Crippen molar-refractivity contribution in [2.24, 2.45) is 0 Å². The minimum absolute atomic E-state index is 0.261. The Morgan fingerprint density at radius 1 is 0.647 bits per heavy atom. The highest BCUT2D eigenvalue weighted by Gasteiger charge is 2.18. The van der Waals surface area contributed by atoms with Crippen molar-refractivity contribution in [3.63, 3.8) is 0 Å². The molecule has 1 N–H and O–H groups in total. The number of hydrogen-bond donors (Lipinski definition) is 1. The smallest absolute Gasteiger partial charge is 0.140 e. The fourth-order valence-electron chi connectivity index (χ4n) is 5.29. The SMILES string of the molecule is Bc1cccc2oc3ccc(-c4ccc5c(c4)c4ccccc4n5-c4ccccc4)c(O)c3c12. The lowest BCUT2D eigenvalue weighted by Crippen LogP contribution is -2.01. The van der Waals surface area contributed by atoms with E-state index in [4.69, 9.17) is 4.42 Å². The Morgan fingerprint density at radius 2 is 1.41 bits per heavy atom. The molecule has 0 saturated carbocycles. The predicted octanol–water partition coefficient (Wildman–Crippen LogP) is 6.31. The van der Waals surface area contributed by atoms with Gasteiger partial charge in [-0.3, -0.25) is 0 Å². The molecule has 7 rings (SSSR count). The molecule has 160 valence electrons. The van der Waals surface area contributed by atoms with E-state index in [0.717, 1.165) is 55.1 Å². The van der Waals surface area contributed by atoms with Crippen LogP contribution in [0.1, 0.15) is 0 Å². The van der Waals surface area contributed by atoms with E-state index in [1.807, 2.05) is 44.2 Å². The lowest BCUT2D eigenvalue weighted by Gasteiger charge is -2.09. The van der Waals surface area contributed by atoms with E-state index in [1.54, 1.807) is 0 Å². The molecule has 0 fully saturated rings. The summed E-state index contributed by atoms with van der Waals surface area (Å²) >= 11 is 0. The summed E-state index contributed by atoms with van der Waals surface area (Å²) in [5, 5.41) is 15.5. The molecule has 4 heteroatoms. The summed E-state index contributed by atoms with van der Waals surface area (Å²) in [6.45, 7) is 0. The molecule has 0 saturated heterocycles. The van der Waals surface area contributed by atoms with Gasteiger partial charge in [-0.1, -0.05) is 60.1 Å². The summed E-state index contributed by atoms with van der Waals surface area (Å²) in [5.74, 6) is 0.261. The van der Waals surface area contributed by atoms with Gasteiger partial charge in [0.1, 0.15) is 24.8 Å². The van der Waals surface area contributed by atoms with Crippen molar-refractivity contribution in [3.05, 3.63) is 103 Å². The third kappa shape index (κ3) is 2.60. The zero-order valence-electron chi connectivity index (χ0n) is 18.6. The van der Waals surface area contributed by atoms with Gasteiger partial charge in [0.2, 0.25) is 0 Å². The van der Waals surface area contributed by atoms with Crippen LogP contribution in [0.2, 0.25) is 0 Å². The number of fused-ring (bicyclic) bond motifs is 6. The maximum absolute atomic E-state index is 11.4. The first-order valence-corrected chi connectivity index (χ1v) is 11.4. The van der Waals surface area contributed by atoms with E-state index < -0.39 is 0 Å². The predicted molar refractivity (Wildman–Crippen MR) is 143 cm³/mol. The minimum atomic E-state index is 0.261. The number of para-hydroxylation sites is 2. The maximum atomic E-state index is 11.4. The van der Waals surface area contributed by atoms with E-state index in [9.17, 15) is 5.11 Å². The molecule has 3 nitrogen and oxygen atoms in total. The molecule has 2 aromatic heterocycles. The van der Waals surface area contributed by atoms with Crippen LogP contribution in [-0.4, -0.2) is 17.5 Å². The second-order valence-electron chi connectivity index (χ2n) is 8.81. The highest BCUT2D eigenvalue weighted by atomic mass is 16.3. The Kier molecular flexibility index (Phi) is 3.94. The molecule has 0 atom stereocenters. The number of benzene rings is 5. The molecule has 34 heavy (non-hydrogen) atoms. The van der Waals surface area contributed by atoms with Crippen molar-refractivity contribution < 1.29 is 9.52 Å². The summed E-state index contributed by atoms with van der Waals surface area (Å²) in [7, 11) is 2.05. The monoisotopic (exact) mass is 437 g/mol. The molecule has 0 radical (unpaired) electrons. The van der Waals surface area contributed by atoms with Crippen LogP contribution in [0.15, 0.2) is 108 Å². The number of aromatic nitrogens is 1. The van der Waals surface area contributed by atoms with Crippen LogP contribution < -0.4 is 5.46 Å². The Bertz CT molecular complexity index is 1880. The van der Waals surface area contributed by atoms with Gasteiger partial charge >= 0.3 is 0 Å². The topological polar surface area (TPSA) is 38.3 Å². The number of phenols is 1. The number of nitrogens with zero attached hydrogens (tertiary/aromatic N) is 1. The first kappa shape index (κ1) is 19.1. The van der Waals surface area contributed by atoms with Gasteiger partial charge in [-0.25, -0.2) is 0 Å². The van der Waals surface area contributed by atoms with Gasteiger partial charge in [0.05, 0.1) is 16.4 Å². The van der Waals surface area contributed by atoms with Gasteiger partial charge in [-0.2, -0.15) is 0 Å². The highest BCUT2D eigenvalue weighted by Crippen LogP contribution is 2.42. The first-order chi connectivity index (χ1) is 16.7. The second-order valence-corrected chi connectivity index (χ2v) is 8.81. The fourth-order valence-corrected chi connectivity index (χ4v) is 5.29. The second kappa shape index (κ2) is 7.03. The molecule has 0 unspecified atom stereocenters. The van der Waals surface area contributed by atoms with Crippen LogP contribution in [0.4, 0.5) is 0 Å². The Labute approximate surface area is 196 Å². The molecule has 0 aliphatic rings. The van der Waals surface area contributed by atoms with Crippen LogP contribution in [0.3, 0.4) is 0 Å². The van der Waals surface area contributed by atoms with Gasteiger partial charge in [0.15, 0.2) is 0 Å². The van der Waals surface area contributed by atoms with E-state index in [2.05, 4.69) is 71.3 Å². The van der Waals surface area contributed by atoms with Gasteiger partial charge in [-0.05, 0) is 54.1 Å². The first-order valence-electron chi connectivity index (χ1n) is 11.4. The third-order valence-electron chi connectivity index (χ3n) is 6.84. The number of hydrogen-bond acceptors (Lipinski definition) is 2. The number of aromatic hydroxyl groups is 1. The summed E-state index contributed by atoms with van der Waals surface area (Å²) < 4.78 is 8.32. The highest BCUT2D eigenvalue weighted by molar-refractivity contribution is 6.41. The fraction of sp³-hybridized carbons (Fsp3) is 0. The zero-order valence-corrected chi connectivity index (χ0v) is 18.6. The Balaban J connectivity index is 1.52. The largest absolute Gasteiger partial charge is 0.507 e. The van der Waals surface area contributed by atoms with Crippen LogP contribution in [0, 0.1) is 0 Å². The quantitative estimate of drug-likeness (QED) is 0.322. The molecule has 5 aromatic carbocycles. The minimum Gasteiger partial charge on any atom is -0.507 e.